The summed E-state index contributed by atoms with van der Waals surface area (Å²) < 4.78 is 5.20. The van der Waals surface area contributed by atoms with Crippen molar-refractivity contribution in [3.63, 3.8) is 0 Å². The number of nitrogens with zero attached hydrogens (tertiary/aromatic N) is 2. The third-order valence-electron chi connectivity index (χ3n) is 4.22. The largest absolute Gasteiger partial charge is 0.383 e. The van der Waals surface area contributed by atoms with Crippen LogP contribution in [0.5, 0.6) is 0 Å². The van der Waals surface area contributed by atoms with Crippen LogP contribution in [0.15, 0.2) is 0 Å². The molecule has 0 aromatic heterocycles. The van der Waals surface area contributed by atoms with Gasteiger partial charge in [-0.1, -0.05) is 0 Å². The zero-order chi connectivity index (χ0) is 12.8. The Bertz CT molecular complexity index is 290. The van der Waals surface area contributed by atoms with E-state index in [1.807, 2.05) is 0 Å². The molecular formula is C14H25N3O. The summed E-state index contributed by atoms with van der Waals surface area (Å²) in [5, 5.41) is 12.5. The van der Waals surface area contributed by atoms with Gasteiger partial charge in [-0.3, -0.25) is 4.90 Å². The van der Waals surface area contributed by atoms with Gasteiger partial charge in [-0.25, -0.2) is 0 Å². The van der Waals surface area contributed by atoms with Gasteiger partial charge in [-0.05, 0) is 37.6 Å². The first kappa shape index (κ1) is 13.8. The molecule has 1 unspecified atom stereocenters. The summed E-state index contributed by atoms with van der Waals surface area (Å²) in [7, 11) is 1.76. The first-order valence-electron chi connectivity index (χ1n) is 7.10. The standard InChI is InChI=1S/C14H25N3O/c1-18-10-9-17(11-13-3-2-8-16-13)12-14(4-5-14)6-7-15/h13,16H,2-6,8-12H2,1H3. The van der Waals surface area contributed by atoms with Crippen LogP contribution in [0.2, 0.25) is 0 Å². The third kappa shape index (κ3) is 3.94. The second-order valence-corrected chi connectivity index (χ2v) is 5.86. The highest BCUT2D eigenvalue weighted by Crippen LogP contribution is 2.49. The van der Waals surface area contributed by atoms with Crippen molar-refractivity contribution in [2.45, 2.75) is 38.1 Å². The van der Waals surface area contributed by atoms with Gasteiger partial charge in [0.15, 0.2) is 0 Å². The van der Waals surface area contributed by atoms with Gasteiger partial charge in [0, 0.05) is 39.2 Å². The molecule has 0 aromatic carbocycles. The zero-order valence-corrected chi connectivity index (χ0v) is 11.5. The minimum atomic E-state index is 0.307. The SMILES string of the molecule is COCCN(CC1CCCN1)CC1(CC#N)CC1. The molecule has 2 rings (SSSR count). The predicted octanol–water partition coefficient (Wildman–Crippen LogP) is 1.38. The molecule has 1 saturated carbocycles. The van der Waals surface area contributed by atoms with E-state index < -0.39 is 0 Å². The molecule has 1 N–H and O–H groups in total. The highest BCUT2D eigenvalue weighted by atomic mass is 16.5. The van der Waals surface area contributed by atoms with E-state index in [9.17, 15) is 0 Å². The van der Waals surface area contributed by atoms with Gasteiger partial charge in [0.1, 0.15) is 0 Å². The molecule has 1 heterocycles. The van der Waals surface area contributed by atoms with Crippen molar-refractivity contribution in [1.29, 1.82) is 5.26 Å². The summed E-state index contributed by atoms with van der Waals surface area (Å²) in [6, 6.07) is 2.99. The zero-order valence-electron chi connectivity index (χ0n) is 11.5. The summed E-state index contributed by atoms with van der Waals surface area (Å²) >= 11 is 0. The maximum Gasteiger partial charge on any atom is 0.0628 e. The maximum atomic E-state index is 8.91. The molecule has 1 aliphatic heterocycles. The minimum Gasteiger partial charge on any atom is -0.383 e. The van der Waals surface area contributed by atoms with Gasteiger partial charge in [0.2, 0.25) is 0 Å². The minimum absolute atomic E-state index is 0.307. The van der Waals surface area contributed by atoms with Gasteiger partial charge in [0.05, 0.1) is 12.7 Å². The first-order chi connectivity index (χ1) is 8.78. The summed E-state index contributed by atoms with van der Waals surface area (Å²) in [4.78, 5) is 2.50. The van der Waals surface area contributed by atoms with Crippen molar-refractivity contribution in [2.75, 3.05) is 39.9 Å². The van der Waals surface area contributed by atoms with Crippen LogP contribution in [0.25, 0.3) is 0 Å². The summed E-state index contributed by atoms with van der Waals surface area (Å²) in [6.45, 7) is 5.11. The molecule has 18 heavy (non-hydrogen) atoms. The summed E-state index contributed by atoms with van der Waals surface area (Å²) in [5.41, 5.74) is 0.307. The lowest BCUT2D eigenvalue weighted by Crippen LogP contribution is -2.42. The van der Waals surface area contributed by atoms with Crippen LogP contribution in [0, 0.1) is 16.7 Å². The summed E-state index contributed by atoms with van der Waals surface area (Å²) in [6.07, 6.45) is 5.75. The predicted molar refractivity (Wildman–Crippen MR) is 71.2 cm³/mol. The molecule has 0 spiro atoms. The van der Waals surface area contributed by atoms with E-state index in [0.29, 0.717) is 17.9 Å². The lowest BCUT2D eigenvalue weighted by molar-refractivity contribution is 0.127. The Balaban J connectivity index is 1.82. The Labute approximate surface area is 110 Å². The fraction of sp³-hybridized carbons (Fsp3) is 0.929. The van der Waals surface area contributed by atoms with Gasteiger partial charge in [-0.2, -0.15) is 5.26 Å². The molecule has 1 aliphatic carbocycles. The van der Waals surface area contributed by atoms with Crippen LogP contribution >= 0.6 is 0 Å². The van der Waals surface area contributed by atoms with E-state index in [0.717, 1.165) is 32.8 Å². The Morgan fingerprint density at radius 3 is 2.89 bits per heavy atom. The fourth-order valence-electron chi connectivity index (χ4n) is 2.89. The molecule has 0 amide bonds. The van der Waals surface area contributed by atoms with E-state index in [2.05, 4.69) is 16.3 Å². The molecule has 102 valence electrons. The smallest absolute Gasteiger partial charge is 0.0628 e. The van der Waals surface area contributed by atoms with Crippen LogP contribution < -0.4 is 5.32 Å². The van der Waals surface area contributed by atoms with Crippen LogP contribution in [-0.4, -0.2) is 50.8 Å². The Morgan fingerprint density at radius 2 is 2.33 bits per heavy atom. The molecule has 0 bridgehead atoms. The number of hydrogen-bond acceptors (Lipinski definition) is 4. The maximum absolute atomic E-state index is 8.91. The molecule has 4 heteroatoms. The Hall–Kier alpha value is -0.630. The van der Waals surface area contributed by atoms with Crippen LogP contribution in [0.4, 0.5) is 0 Å². The fourth-order valence-corrected chi connectivity index (χ4v) is 2.89. The quantitative estimate of drug-likeness (QED) is 0.708. The van der Waals surface area contributed by atoms with Crippen molar-refractivity contribution >= 4 is 0 Å². The highest BCUT2D eigenvalue weighted by Gasteiger charge is 2.43. The topological polar surface area (TPSA) is 48.3 Å². The van der Waals surface area contributed by atoms with E-state index in [-0.39, 0.29) is 0 Å². The van der Waals surface area contributed by atoms with Gasteiger partial charge in [0.25, 0.3) is 0 Å². The Morgan fingerprint density at radius 1 is 1.50 bits per heavy atom. The van der Waals surface area contributed by atoms with Crippen LogP contribution in [0.3, 0.4) is 0 Å². The number of rotatable bonds is 8. The number of ether oxygens (including phenoxy) is 1. The van der Waals surface area contributed by atoms with Crippen molar-refractivity contribution in [1.82, 2.24) is 10.2 Å². The van der Waals surface area contributed by atoms with Gasteiger partial charge >= 0.3 is 0 Å². The number of nitrogens with one attached hydrogen (secondary N) is 1. The molecule has 0 radical (unpaired) electrons. The van der Waals surface area contributed by atoms with E-state index in [4.69, 9.17) is 10.00 Å². The summed E-state index contributed by atoms with van der Waals surface area (Å²) in [5.74, 6) is 0. The first-order valence-corrected chi connectivity index (χ1v) is 7.10. The van der Waals surface area contributed by atoms with E-state index >= 15 is 0 Å². The number of methoxy groups -OCH3 is 1. The molecule has 1 saturated heterocycles. The lowest BCUT2D eigenvalue weighted by atomic mass is 10.0. The molecular weight excluding hydrogens is 226 g/mol. The average Bonchev–Trinajstić information content (AvgIpc) is 2.91. The van der Waals surface area contributed by atoms with E-state index in [1.165, 1.54) is 25.7 Å². The van der Waals surface area contributed by atoms with Crippen molar-refractivity contribution in [3.05, 3.63) is 0 Å². The normalized spacial score (nSPS) is 25.3. The lowest BCUT2D eigenvalue weighted by Gasteiger charge is -2.28. The van der Waals surface area contributed by atoms with Gasteiger partial charge in [-0.15, -0.1) is 0 Å². The highest BCUT2D eigenvalue weighted by molar-refractivity contribution is 5.01. The van der Waals surface area contributed by atoms with E-state index in [1.54, 1.807) is 7.11 Å². The monoisotopic (exact) mass is 251 g/mol. The number of hydrogen-bond donors (Lipinski definition) is 1. The molecule has 4 nitrogen and oxygen atoms in total. The van der Waals surface area contributed by atoms with Crippen molar-refractivity contribution in [2.24, 2.45) is 5.41 Å². The third-order valence-corrected chi connectivity index (χ3v) is 4.22. The van der Waals surface area contributed by atoms with Crippen LogP contribution in [0.1, 0.15) is 32.1 Å². The number of nitriles is 1. The molecule has 2 aliphatic rings. The Kier molecular flexibility index (Phi) is 4.99. The average molecular weight is 251 g/mol. The second kappa shape index (κ2) is 6.51. The molecule has 0 aromatic rings. The molecule has 2 fully saturated rings. The van der Waals surface area contributed by atoms with Crippen molar-refractivity contribution < 1.29 is 4.74 Å². The van der Waals surface area contributed by atoms with Gasteiger partial charge < -0.3 is 10.1 Å². The van der Waals surface area contributed by atoms with Crippen LogP contribution in [-0.2, 0) is 4.74 Å². The second-order valence-electron chi connectivity index (χ2n) is 5.86. The molecule has 1 atom stereocenters. The van der Waals surface area contributed by atoms with Crippen molar-refractivity contribution in [3.8, 4) is 6.07 Å².